The average molecular weight is 541 g/mol. The third kappa shape index (κ3) is 5.65. The van der Waals surface area contributed by atoms with Crippen molar-refractivity contribution >= 4 is 5.91 Å². The Kier molecular flexibility index (Phi) is 7.37. The highest BCUT2D eigenvalue weighted by Crippen LogP contribution is 2.37. The van der Waals surface area contributed by atoms with Gasteiger partial charge in [0, 0.05) is 18.7 Å². The number of carbonyl (C=O) groups is 1. The molecule has 0 spiro atoms. The number of carbonyl (C=O) groups excluding carboxylic acids is 1. The van der Waals surface area contributed by atoms with Crippen LogP contribution in [0.5, 0.6) is 17.2 Å². The number of fused-ring (bicyclic) bond motifs is 2. The van der Waals surface area contributed by atoms with Gasteiger partial charge in [-0.25, -0.2) is 4.63 Å². The lowest BCUT2D eigenvalue weighted by Crippen LogP contribution is -2.34. The van der Waals surface area contributed by atoms with Crippen LogP contribution < -0.4 is 19.5 Å². The van der Waals surface area contributed by atoms with Gasteiger partial charge >= 0.3 is 0 Å². The summed E-state index contributed by atoms with van der Waals surface area (Å²) in [5.74, 6) is 1.99. The number of benzene rings is 3. The van der Waals surface area contributed by atoms with E-state index in [1.807, 2.05) is 50.4 Å². The third-order valence-corrected chi connectivity index (χ3v) is 7.44. The fourth-order valence-corrected chi connectivity index (χ4v) is 5.38. The van der Waals surface area contributed by atoms with Gasteiger partial charge in [0.15, 0.2) is 18.1 Å². The normalized spacial score (nSPS) is 15.6. The van der Waals surface area contributed by atoms with Gasteiger partial charge in [-0.05, 0) is 79.8 Å². The first-order valence-corrected chi connectivity index (χ1v) is 13.5. The van der Waals surface area contributed by atoms with E-state index >= 15 is 0 Å². The molecule has 0 radical (unpaired) electrons. The molecule has 1 amide bonds. The molecule has 2 heterocycles. The quantitative estimate of drug-likeness (QED) is 0.318. The molecule has 9 heteroatoms. The molecule has 1 N–H and O–H groups in total. The molecular formula is C31H32N4O5. The van der Waals surface area contributed by atoms with Crippen LogP contribution >= 0.6 is 0 Å². The summed E-state index contributed by atoms with van der Waals surface area (Å²) in [6.07, 6.45) is 3.04. The lowest BCUT2D eigenvalue weighted by molar-refractivity contribution is -0.124. The molecule has 3 aromatic carbocycles. The zero-order valence-corrected chi connectivity index (χ0v) is 22.7. The number of hydrogen-bond donors (Lipinski definition) is 1. The van der Waals surface area contributed by atoms with Gasteiger partial charge in [-0.2, -0.15) is 0 Å². The van der Waals surface area contributed by atoms with Gasteiger partial charge in [-0.15, -0.1) is 0 Å². The van der Waals surface area contributed by atoms with Crippen LogP contribution in [0, 0.1) is 6.92 Å². The molecule has 4 aromatic rings. The second-order valence-corrected chi connectivity index (χ2v) is 10.4. The van der Waals surface area contributed by atoms with E-state index in [-0.39, 0.29) is 25.3 Å². The van der Waals surface area contributed by atoms with Crippen molar-refractivity contribution in [3.05, 3.63) is 88.7 Å². The van der Waals surface area contributed by atoms with Crippen LogP contribution in [0.15, 0.2) is 65.3 Å². The minimum atomic E-state index is -0.134. The topological polar surface area (TPSA) is 99.0 Å². The summed E-state index contributed by atoms with van der Waals surface area (Å²) in [6.45, 7) is 3.16. The third-order valence-electron chi connectivity index (χ3n) is 7.44. The molecule has 0 saturated heterocycles. The second-order valence-electron chi connectivity index (χ2n) is 10.4. The fraction of sp³-hybridized carbons (Fsp3) is 0.323. The largest absolute Gasteiger partial charge is 0.483 e. The molecule has 0 fully saturated rings. The van der Waals surface area contributed by atoms with E-state index in [1.54, 1.807) is 0 Å². The first-order chi connectivity index (χ1) is 19.5. The van der Waals surface area contributed by atoms with Gasteiger partial charge in [0.05, 0.1) is 6.04 Å². The number of aromatic nitrogens is 2. The number of amides is 1. The highest BCUT2D eigenvalue weighted by atomic mass is 16.7. The van der Waals surface area contributed by atoms with Crippen molar-refractivity contribution in [2.75, 3.05) is 20.4 Å². The van der Waals surface area contributed by atoms with Gasteiger partial charge < -0.3 is 19.5 Å². The van der Waals surface area contributed by atoms with Crippen molar-refractivity contribution in [3.8, 4) is 28.4 Å². The van der Waals surface area contributed by atoms with Crippen LogP contribution in [-0.4, -0.2) is 41.6 Å². The van der Waals surface area contributed by atoms with E-state index < -0.39 is 0 Å². The van der Waals surface area contributed by atoms with E-state index in [4.69, 9.17) is 18.8 Å². The van der Waals surface area contributed by atoms with Gasteiger partial charge in [0.1, 0.15) is 17.1 Å². The summed E-state index contributed by atoms with van der Waals surface area (Å²) in [5, 5.41) is 11.1. The molecule has 206 valence electrons. The van der Waals surface area contributed by atoms with Gasteiger partial charge in [-0.1, -0.05) is 46.7 Å². The standard InChI is InChI=1S/C31H32N4O5/c1-20-27(34-40-33-20)17-35(2)16-24-14-22(23-11-13-29-30(15-23)39-19-38-29)10-12-28(24)37-18-31(36)32-26-9-5-7-21-6-3-4-8-25(21)26/h3-4,6,8,10-15,26H,5,7,9,16-19H2,1-2H3,(H,32,36). The Morgan fingerprint density at radius 1 is 1.02 bits per heavy atom. The average Bonchev–Trinajstić information content (AvgIpc) is 3.60. The predicted molar refractivity (Wildman–Crippen MR) is 148 cm³/mol. The molecule has 9 nitrogen and oxygen atoms in total. The molecule has 1 aliphatic carbocycles. The summed E-state index contributed by atoms with van der Waals surface area (Å²) in [7, 11) is 2.00. The van der Waals surface area contributed by atoms with Crippen LogP contribution in [-0.2, 0) is 24.3 Å². The van der Waals surface area contributed by atoms with E-state index in [9.17, 15) is 4.79 Å². The highest BCUT2D eigenvalue weighted by Gasteiger charge is 2.22. The van der Waals surface area contributed by atoms with Crippen LogP contribution in [0.4, 0.5) is 0 Å². The molecule has 6 rings (SSSR count). The van der Waals surface area contributed by atoms with E-state index in [0.717, 1.165) is 58.8 Å². The number of nitrogens with zero attached hydrogens (tertiary/aromatic N) is 3. The Morgan fingerprint density at radius 2 is 1.85 bits per heavy atom. The number of nitrogens with one attached hydrogen (secondary N) is 1. The molecule has 2 aliphatic rings. The monoisotopic (exact) mass is 540 g/mol. The van der Waals surface area contributed by atoms with Gasteiger partial charge in [0.25, 0.3) is 5.91 Å². The van der Waals surface area contributed by atoms with Crippen LogP contribution in [0.25, 0.3) is 11.1 Å². The van der Waals surface area contributed by atoms with Gasteiger partial charge in [0.2, 0.25) is 6.79 Å². The van der Waals surface area contributed by atoms with Crippen molar-refractivity contribution in [2.45, 2.75) is 45.3 Å². The van der Waals surface area contributed by atoms with Crippen molar-refractivity contribution in [2.24, 2.45) is 0 Å². The zero-order chi connectivity index (χ0) is 27.5. The summed E-state index contributed by atoms with van der Waals surface area (Å²) < 4.78 is 22.0. The highest BCUT2D eigenvalue weighted by molar-refractivity contribution is 5.78. The Bertz CT molecular complexity index is 1520. The minimum Gasteiger partial charge on any atom is -0.483 e. The fourth-order valence-electron chi connectivity index (χ4n) is 5.38. The zero-order valence-electron chi connectivity index (χ0n) is 22.7. The lowest BCUT2D eigenvalue weighted by Gasteiger charge is -2.26. The SMILES string of the molecule is Cc1nonc1CN(C)Cc1cc(-c2ccc3c(c2)OCO3)ccc1OCC(=O)NC1CCCc2ccccc21. The number of ether oxygens (including phenoxy) is 3. The van der Waals surface area contributed by atoms with Gasteiger partial charge in [-0.3, -0.25) is 9.69 Å². The molecular weight excluding hydrogens is 508 g/mol. The smallest absolute Gasteiger partial charge is 0.258 e. The Labute approximate surface area is 233 Å². The summed E-state index contributed by atoms with van der Waals surface area (Å²) in [5.41, 5.74) is 7.02. The Morgan fingerprint density at radius 3 is 2.73 bits per heavy atom. The maximum absolute atomic E-state index is 13.0. The molecule has 1 unspecified atom stereocenters. The molecule has 1 aliphatic heterocycles. The van der Waals surface area contributed by atoms with E-state index in [2.05, 4.69) is 44.8 Å². The van der Waals surface area contributed by atoms with Crippen molar-refractivity contribution in [1.82, 2.24) is 20.5 Å². The predicted octanol–water partition coefficient (Wildman–Crippen LogP) is 4.98. The summed E-state index contributed by atoms with van der Waals surface area (Å²) >= 11 is 0. The first kappa shape index (κ1) is 25.9. The number of hydrogen-bond acceptors (Lipinski definition) is 8. The van der Waals surface area contributed by atoms with Crippen molar-refractivity contribution in [3.63, 3.8) is 0 Å². The number of rotatable bonds is 9. The van der Waals surface area contributed by atoms with E-state index in [0.29, 0.717) is 18.8 Å². The van der Waals surface area contributed by atoms with Crippen LogP contribution in [0.1, 0.15) is 47.0 Å². The van der Waals surface area contributed by atoms with Crippen molar-refractivity contribution < 1.29 is 23.6 Å². The van der Waals surface area contributed by atoms with E-state index in [1.165, 1.54) is 11.1 Å². The first-order valence-electron chi connectivity index (χ1n) is 13.5. The molecule has 0 bridgehead atoms. The molecule has 40 heavy (non-hydrogen) atoms. The summed E-state index contributed by atoms with van der Waals surface area (Å²) in [4.78, 5) is 15.1. The molecule has 0 saturated carbocycles. The Hall–Kier alpha value is -4.37. The lowest BCUT2D eigenvalue weighted by atomic mass is 9.88. The second kappa shape index (κ2) is 11.4. The maximum atomic E-state index is 13.0. The summed E-state index contributed by atoms with van der Waals surface area (Å²) in [6, 6.07) is 20.3. The minimum absolute atomic E-state index is 0.0133. The Balaban J connectivity index is 1.19. The number of aryl methyl sites for hydroxylation is 2. The van der Waals surface area contributed by atoms with Crippen LogP contribution in [0.2, 0.25) is 0 Å². The molecule has 1 atom stereocenters. The molecule has 1 aromatic heterocycles. The van der Waals surface area contributed by atoms with Crippen LogP contribution in [0.3, 0.4) is 0 Å². The van der Waals surface area contributed by atoms with Crippen molar-refractivity contribution in [1.29, 1.82) is 0 Å². The maximum Gasteiger partial charge on any atom is 0.258 e.